The molecule has 16 heavy (non-hydrogen) atoms. The van der Waals surface area contributed by atoms with Gasteiger partial charge in [-0.05, 0) is 13.0 Å². The third-order valence-corrected chi connectivity index (χ3v) is 4.09. The van der Waals surface area contributed by atoms with Crippen LogP contribution in [0.1, 0.15) is 13.3 Å². The van der Waals surface area contributed by atoms with Crippen molar-refractivity contribution in [3.8, 4) is 0 Å². The molecule has 0 aromatic heterocycles. The predicted molar refractivity (Wildman–Crippen MR) is 59.8 cm³/mol. The van der Waals surface area contributed by atoms with E-state index in [4.69, 9.17) is 5.73 Å². The van der Waals surface area contributed by atoms with Crippen LogP contribution in [0.2, 0.25) is 0 Å². The van der Waals surface area contributed by atoms with Crippen molar-refractivity contribution in [2.24, 2.45) is 5.73 Å². The Labute approximate surface area is 95.5 Å². The molecule has 1 fully saturated rings. The van der Waals surface area contributed by atoms with Crippen molar-refractivity contribution in [1.82, 2.24) is 14.3 Å². The molecule has 0 aliphatic carbocycles. The van der Waals surface area contributed by atoms with Crippen LogP contribution >= 0.6 is 0 Å². The van der Waals surface area contributed by atoms with Gasteiger partial charge in [-0.25, -0.2) is 4.72 Å². The number of primary amides is 1. The summed E-state index contributed by atoms with van der Waals surface area (Å²) in [5.41, 5.74) is 5.06. The minimum absolute atomic E-state index is 0.198. The van der Waals surface area contributed by atoms with Crippen LogP contribution in [0.5, 0.6) is 0 Å². The quantitative estimate of drug-likeness (QED) is 0.506. The Balaban J connectivity index is 2.81. The van der Waals surface area contributed by atoms with Gasteiger partial charge in [-0.1, -0.05) is 6.92 Å². The summed E-state index contributed by atoms with van der Waals surface area (Å²) in [5, 5.41) is 3.05. The third kappa shape index (κ3) is 3.41. The molecule has 1 rings (SSSR count). The van der Waals surface area contributed by atoms with Crippen molar-refractivity contribution in [3.05, 3.63) is 0 Å². The molecule has 7 nitrogen and oxygen atoms in total. The van der Waals surface area contributed by atoms with Gasteiger partial charge < -0.3 is 11.1 Å². The van der Waals surface area contributed by atoms with Crippen LogP contribution in [0, 0.1) is 0 Å². The molecule has 1 amide bonds. The number of carbonyl (C=O) groups is 1. The van der Waals surface area contributed by atoms with E-state index in [2.05, 4.69) is 10.0 Å². The van der Waals surface area contributed by atoms with Crippen molar-refractivity contribution in [2.75, 3.05) is 26.2 Å². The van der Waals surface area contributed by atoms with Crippen LogP contribution < -0.4 is 15.8 Å². The molecule has 1 saturated heterocycles. The Morgan fingerprint density at radius 3 is 2.75 bits per heavy atom. The van der Waals surface area contributed by atoms with E-state index in [1.54, 1.807) is 6.92 Å². The van der Waals surface area contributed by atoms with Crippen LogP contribution in [-0.2, 0) is 15.0 Å². The fraction of sp³-hybridized carbons (Fsp3) is 0.875. The largest absolute Gasteiger partial charge is 0.369 e. The van der Waals surface area contributed by atoms with Gasteiger partial charge in [0.1, 0.15) is 0 Å². The van der Waals surface area contributed by atoms with Gasteiger partial charge in [0.2, 0.25) is 5.91 Å². The molecule has 1 unspecified atom stereocenters. The molecular formula is C8H18N4O3S. The smallest absolute Gasteiger partial charge is 0.280 e. The Morgan fingerprint density at radius 1 is 1.62 bits per heavy atom. The number of nitrogens with zero attached hydrogens (tertiary/aromatic N) is 1. The maximum absolute atomic E-state index is 11.8. The Kier molecular flexibility index (Phi) is 4.66. The fourth-order valence-corrected chi connectivity index (χ4v) is 3.11. The molecule has 94 valence electrons. The first-order valence-corrected chi connectivity index (χ1v) is 6.67. The molecule has 1 heterocycles. The van der Waals surface area contributed by atoms with Gasteiger partial charge in [0, 0.05) is 19.1 Å². The first-order chi connectivity index (χ1) is 7.47. The monoisotopic (exact) mass is 250 g/mol. The summed E-state index contributed by atoms with van der Waals surface area (Å²) in [6.45, 7) is 3.01. The molecule has 0 aromatic carbocycles. The maximum atomic E-state index is 11.8. The van der Waals surface area contributed by atoms with E-state index in [0.717, 1.165) is 10.8 Å². The minimum Gasteiger partial charge on any atom is -0.369 e. The van der Waals surface area contributed by atoms with Gasteiger partial charge in [-0.15, -0.1) is 0 Å². The highest BCUT2D eigenvalue weighted by Gasteiger charge is 2.32. The van der Waals surface area contributed by atoms with E-state index in [-0.39, 0.29) is 19.1 Å². The van der Waals surface area contributed by atoms with E-state index >= 15 is 0 Å². The first-order valence-electron chi connectivity index (χ1n) is 5.23. The van der Waals surface area contributed by atoms with Crippen molar-refractivity contribution < 1.29 is 13.2 Å². The van der Waals surface area contributed by atoms with Crippen molar-refractivity contribution in [3.63, 3.8) is 0 Å². The number of carbonyl (C=O) groups excluding carboxylic acids is 1. The second kappa shape index (κ2) is 5.58. The number of nitrogens with two attached hydrogens (primary N) is 1. The molecule has 0 aromatic rings. The maximum Gasteiger partial charge on any atom is 0.280 e. The van der Waals surface area contributed by atoms with E-state index in [0.29, 0.717) is 13.0 Å². The molecule has 1 aliphatic rings. The van der Waals surface area contributed by atoms with Crippen LogP contribution in [-0.4, -0.2) is 50.9 Å². The second-order valence-electron chi connectivity index (χ2n) is 3.66. The van der Waals surface area contributed by atoms with E-state index in [9.17, 15) is 13.2 Å². The SMILES string of the molecule is CCNS(=O)(=O)N(CC(N)=O)C1CCNC1. The van der Waals surface area contributed by atoms with Crippen molar-refractivity contribution in [2.45, 2.75) is 19.4 Å². The summed E-state index contributed by atoms with van der Waals surface area (Å²) in [6, 6.07) is -0.198. The number of rotatable bonds is 6. The van der Waals surface area contributed by atoms with Gasteiger partial charge in [0.15, 0.2) is 0 Å². The molecule has 0 bridgehead atoms. The summed E-state index contributed by atoms with van der Waals surface area (Å²) >= 11 is 0. The zero-order valence-corrected chi connectivity index (χ0v) is 10.1. The normalized spacial score (nSPS) is 21.5. The first kappa shape index (κ1) is 13.4. The van der Waals surface area contributed by atoms with Crippen LogP contribution in [0.15, 0.2) is 0 Å². The number of hydrogen-bond donors (Lipinski definition) is 3. The minimum atomic E-state index is -3.61. The van der Waals surface area contributed by atoms with Crippen LogP contribution in [0.3, 0.4) is 0 Å². The van der Waals surface area contributed by atoms with Gasteiger partial charge in [-0.2, -0.15) is 12.7 Å². The molecule has 1 aliphatic heterocycles. The molecule has 4 N–H and O–H groups in total. The average Bonchev–Trinajstić information content (AvgIpc) is 2.66. The van der Waals surface area contributed by atoms with E-state index < -0.39 is 16.1 Å². The summed E-state index contributed by atoms with van der Waals surface area (Å²) in [6.07, 6.45) is 0.692. The number of hydrogen-bond acceptors (Lipinski definition) is 4. The highest BCUT2D eigenvalue weighted by atomic mass is 32.2. The highest BCUT2D eigenvalue weighted by molar-refractivity contribution is 7.87. The number of nitrogens with one attached hydrogen (secondary N) is 2. The molecule has 1 atom stereocenters. The zero-order valence-electron chi connectivity index (χ0n) is 9.27. The Hall–Kier alpha value is -0.700. The standard InChI is InChI=1S/C8H18N4O3S/c1-2-11-16(14,15)12(6-8(9)13)7-3-4-10-5-7/h7,10-11H,2-6H2,1H3,(H2,9,13). The third-order valence-electron chi connectivity index (χ3n) is 2.39. The topological polar surface area (TPSA) is 105 Å². The molecule has 0 radical (unpaired) electrons. The lowest BCUT2D eigenvalue weighted by molar-refractivity contribution is -0.118. The molecule has 0 saturated carbocycles. The van der Waals surface area contributed by atoms with E-state index in [1.165, 1.54) is 0 Å². The summed E-state index contributed by atoms with van der Waals surface area (Å²) in [5.74, 6) is -0.645. The van der Waals surface area contributed by atoms with Gasteiger partial charge in [0.05, 0.1) is 6.54 Å². The molecule has 8 heteroatoms. The fourth-order valence-electron chi connectivity index (χ4n) is 1.71. The molecule has 0 spiro atoms. The van der Waals surface area contributed by atoms with Crippen molar-refractivity contribution in [1.29, 1.82) is 0 Å². The zero-order chi connectivity index (χ0) is 12.2. The lowest BCUT2D eigenvalue weighted by Gasteiger charge is -2.26. The van der Waals surface area contributed by atoms with Gasteiger partial charge in [0.25, 0.3) is 10.2 Å². The van der Waals surface area contributed by atoms with Crippen LogP contribution in [0.25, 0.3) is 0 Å². The van der Waals surface area contributed by atoms with Gasteiger partial charge in [-0.3, -0.25) is 4.79 Å². The van der Waals surface area contributed by atoms with E-state index in [1.807, 2.05) is 0 Å². The lowest BCUT2D eigenvalue weighted by atomic mass is 10.2. The van der Waals surface area contributed by atoms with Gasteiger partial charge >= 0.3 is 0 Å². The second-order valence-corrected chi connectivity index (χ2v) is 5.37. The Bertz CT molecular complexity index is 337. The average molecular weight is 250 g/mol. The summed E-state index contributed by atoms with van der Waals surface area (Å²) in [7, 11) is -3.61. The Morgan fingerprint density at radius 2 is 2.31 bits per heavy atom. The number of amides is 1. The summed E-state index contributed by atoms with van der Waals surface area (Å²) < 4.78 is 27.2. The van der Waals surface area contributed by atoms with Crippen molar-refractivity contribution >= 4 is 16.1 Å². The lowest BCUT2D eigenvalue weighted by Crippen LogP contribution is -2.50. The highest BCUT2D eigenvalue weighted by Crippen LogP contribution is 2.11. The molecular weight excluding hydrogens is 232 g/mol. The predicted octanol–water partition coefficient (Wildman–Crippen LogP) is -2.01. The van der Waals surface area contributed by atoms with Crippen LogP contribution in [0.4, 0.5) is 0 Å². The summed E-state index contributed by atoms with van der Waals surface area (Å²) in [4.78, 5) is 10.9.